The molecule has 1 fully saturated rings. The average molecular weight is 414 g/mol. The lowest BCUT2D eigenvalue weighted by molar-refractivity contribution is -0.138. The summed E-state index contributed by atoms with van der Waals surface area (Å²) in [7, 11) is 0. The van der Waals surface area contributed by atoms with E-state index < -0.39 is 23.5 Å². The van der Waals surface area contributed by atoms with Crippen LogP contribution in [0.3, 0.4) is 0 Å². The summed E-state index contributed by atoms with van der Waals surface area (Å²) in [5.74, 6) is -1.58. The maximum Gasteiger partial charge on any atom is 0.419 e. The highest BCUT2D eigenvalue weighted by molar-refractivity contribution is 5.96. The second-order valence-corrected chi connectivity index (χ2v) is 6.47. The molecule has 1 aliphatic rings. The molecule has 156 valence electrons. The lowest BCUT2D eigenvalue weighted by Crippen LogP contribution is -2.51. The number of hydrogen-bond donors (Lipinski definition) is 1. The minimum atomic E-state index is -4.55. The molecule has 0 radical (unpaired) electrons. The summed E-state index contributed by atoms with van der Waals surface area (Å²) in [5, 5.41) is 0. The van der Waals surface area contributed by atoms with E-state index in [4.69, 9.17) is 10.5 Å². The Morgan fingerprint density at radius 1 is 1.24 bits per heavy atom. The van der Waals surface area contributed by atoms with Crippen LogP contribution in [0.4, 0.5) is 29.3 Å². The number of anilines is 2. The van der Waals surface area contributed by atoms with E-state index in [0.29, 0.717) is 12.4 Å². The van der Waals surface area contributed by atoms with Crippen molar-refractivity contribution in [3.05, 3.63) is 36.0 Å². The average Bonchev–Trinajstić information content (AvgIpc) is 2.67. The third-order valence-corrected chi connectivity index (χ3v) is 4.06. The molecule has 1 atom stereocenters. The number of carbonyl (C=O) groups excluding carboxylic acids is 1. The van der Waals surface area contributed by atoms with Gasteiger partial charge >= 0.3 is 6.18 Å². The maximum atomic E-state index is 14.7. The third kappa shape index (κ3) is 4.70. The molecule has 29 heavy (non-hydrogen) atoms. The predicted molar refractivity (Wildman–Crippen MR) is 94.9 cm³/mol. The van der Waals surface area contributed by atoms with Crippen molar-refractivity contribution in [1.82, 2.24) is 15.0 Å². The quantitative estimate of drug-likeness (QED) is 0.743. The van der Waals surface area contributed by atoms with Crippen LogP contribution in [-0.2, 0) is 11.0 Å². The minimum absolute atomic E-state index is 0.0200. The Kier molecular flexibility index (Phi) is 5.82. The van der Waals surface area contributed by atoms with E-state index in [9.17, 15) is 22.4 Å². The minimum Gasteiger partial charge on any atom is -0.489 e. The fraction of sp³-hybridized carbons (Fsp3) is 0.412. The summed E-state index contributed by atoms with van der Waals surface area (Å²) in [6, 6.07) is 1.03. The summed E-state index contributed by atoms with van der Waals surface area (Å²) < 4.78 is 57.8. The van der Waals surface area contributed by atoms with Crippen LogP contribution < -0.4 is 20.3 Å². The Morgan fingerprint density at radius 2 is 1.93 bits per heavy atom. The number of alkyl halides is 3. The molecule has 0 aromatic carbocycles. The molecular formula is C17H18F4N6O2. The number of piperazine rings is 1. The van der Waals surface area contributed by atoms with E-state index in [2.05, 4.69) is 15.0 Å². The highest BCUT2D eigenvalue weighted by atomic mass is 19.4. The summed E-state index contributed by atoms with van der Waals surface area (Å²) >= 11 is 0. The van der Waals surface area contributed by atoms with Crippen molar-refractivity contribution in [2.75, 3.05) is 36.0 Å². The molecule has 1 amide bonds. The number of amides is 1. The van der Waals surface area contributed by atoms with Gasteiger partial charge in [-0.2, -0.15) is 17.6 Å². The highest BCUT2D eigenvalue weighted by Gasteiger charge is 2.33. The number of ether oxygens (including phenoxy) is 1. The normalized spacial score (nSPS) is 16.1. The van der Waals surface area contributed by atoms with Gasteiger partial charge in [-0.15, -0.1) is 0 Å². The van der Waals surface area contributed by atoms with Crippen LogP contribution in [-0.4, -0.2) is 53.1 Å². The number of rotatable bonds is 5. The summed E-state index contributed by atoms with van der Waals surface area (Å²) in [4.78, 5) is 26.3. The van der Waals surface area contributed by atoms with E-state index >= 15 is 0 Å². The second-order valence-electron chi connectivity index (χ2n) is 6.47. The highest BCUT2D eigenvalue weighted by Crippen LogP contribution is 2.29. The first-order chi connectivity index (χ1) is 13.7. The van der Waals surface area contributed by atoms with Gasteiger partial charge in [0.25, 0.3) is 0 Å². The Labute approximate surface area is 163 Å². The van der Waals surface area contributed by atoms with Gasteiger partial charge in [0.2, 0.25) is 17.7 Å². The first-order valence-corrected chi connectivity index (χ1v) is 8.64. The molecule has 0 saturated carbocycles. The Bertz CT molecular complexity index is 875. The summed E-state index contributed by atoms with van der Waals surface area (Å²) in [5.41, 5.74) is 4.60. The number of nitrogens with zero attached hydrogens (tertiary/aromatic N) is 5. The fourth-order valence-corrected chi connectivity index (χ4v) is 2.64. The van der Waals surface area contributed by atoms with Crippen molar-refractivity contribution in [1.29, 1.82) is 0 Å². The molecule has 0 aliphatic carbocycles. The molecule has 1 saturated heterocycles. The predicted octanol–water partition coefficient (Wildman–Crippen LogP) is 1.61. The Hall–Kier alpha value is -3.02. The molecule has 12 heteroatoms. The van der Waals surface area contributed by atoms with Crippen LogP contribution in [0.2, 0.25) is 0 Å². The third-order valence-electron chi connectivity index (χ3n) is 4.06. The van der Waals surface area contributed by atoms with Gasteiger partial charge in [0, 0.05) is 43.8 Å². The van der Waals surface area contributed by atoms with Crippen LogP contribution in [0.1, 0.15) is 12.5 Å². The molecule has 8 nitrogen and oxygen atoms in total. The van der Waals surface area contributed by atoms with Gasteiger partial charge in [0.15, 0.2) is 11.6 Å². The van der Waals surface area contributed by atoms with Gasteiger partial charge in [-0.05, 0) is 6.92 Å². The number of halogens is 4. The molecular weight excluding hydrogens is 396 g/mol. The van der Waals surface area contributed by atoms with Gasteiger partial charge in [-0.25, -0.2) is 15.0 Å². The maximum absolute atomic E-state index is 14.7. The molecule has 2 aromatic heterocycles. The first-order valence-electron chi connectivity index (χ1n) is 8.64. The van der Waals surface area contributed by atoms with E-state index in [1.165, 1.54) is 17.2 Å². The van der Waals surface area contributed by atoms with E-state index in [1.807, 2.05) is 0 Å². The van der Waals surface area contributed by atoms with Gasteiger partial charge < -0.3 is 15.4 Å². The lowest BCUT2D eigenvalue weighted by atomic mass is 10.3. The van der Waals surface area contributed by atoms with Crippen LogP contribution >= 0.6 is 0 Å². The summed E-state index contributed by atoms with van der Waals surface area (Å²) in [6.45, 7) is 1.78. The van der Waals surface area contributed by atoms with Crippen molar-refractivity contribution in [3.63, 3.8) is 0 Å². The van der Waals surface area contributed by atoms with Gasteiger partial charge in [0.05, 0.1) is 5.56 Å². The first kappa shape index (κ1) is 20.7. The second kappa shape index (κ2) is 8.15. The van der Waals surface area contributed by atoms with Gasteiger partial charge in [-0.1, -0.05) is 0 Å². The van der Waals surface area contributed by atoms with E-state index in [1.54, 1.807) is 6.92 Å². The molecule has 0 bridgehead atoms. The monoisotopic (exact) mass is 414 g/mol. The standard InChI is InChI=1S/C17H18F4N6O2/c1-10(22)9-29-12-2-3-23-15(14(12)18)27-5-4-26(8-13(27)28)16-24-6-11(7-25-16)17(19,20)21/h2-3,6-7,10H,4-5,8-9,22H2,1H3/t10-/m0/s1. The SMILES string of the molecule is C[C@H](N)COc1ccnc(N2CCN(c3ncc(C(F)(F)F)cn3)CC2=O)c1F. The summed E-state index contributed by atoms with van der Waals surface area (Å²) in [6.07, 6.45) is -1.93. The van der Waals surface area contributed by atoms with Crippen molar-refractivity contribution in [3.8, 4) is 5.75 Å². The lowest BCUT2D eigenvalue weighted by Gasteiger charge is -2.33. The van der Waals surface area contributed by atoms with Crippen molar-refractivity contribution >= 4 is 17.7 Å². The van der Waals surface area contributed by atoms with Crippen LogP contribution in [0.15, 0.2) is 24.7 Å². The molecule has 0 spiro atoms. The zero-order valence-corrected chi connectivity index (χ0v) is 15.4. The Balaban J connectivity index is 1.72. The zero-order valence-electron chi connectivity index (χ0n) is 15.4. The number of carbonyl (C=O) groups is 1. The molecule has 1 aliphatic heterocycles. The number of aromatic nitrogens is 3. The molecule has 0 unspecified atom stereocenters. The fourth-order valence-electron chi connectivity index (χ4n) is 2.64. The number of pyridine rings is 1. The van der Waals surface area contributed by atoms with Gasteiger partial charge in [0.1, 0.15) is 13.2 Å². The molecule has 2 N–H and O–H groups in total. The Morgan fingerprint density at radius 3 is 2.52 bits per heavy atom. The van der Waals surface area contributed by atoms with Gasteiger partial charge in [-0.3, -0.25) is 9.69 Å². The van der Waals surface area contributed by atoms with Crippen LogP contribution in [0, 0.1) is 5.82 Å². The smallest absolute Gasteiger partial charge is 0.419 e. The zero-order chi connectivity index (χ0) is 21.2. The van der Waals surface area contributed by atoms with Crippen molar-refractivity contribution in [2.24, 2.45) is 5.73 Å². The molecule has 2 aromatic rings. The van der Waals surface area contributed by atoms with E-state index in [-0.39, 0.29) is 49.8 Å². The molecule has 3 heterocycles. The van der Waals surface area contributed by atoms with Crippen molar-refractivity contribution in [2.45, 2.75) is 19.1 Å². The van der Waals surface area contributed by atoms with Crippen molar-refractivity contribution < 1.29 is 27.1 Å². The van der Waals surface area contributed by atoms with Crippen LogP contribution in [0.25, 0.3) is 0 Å². The largest absolute Gasteiger partial charge is 0.489 e. The number of hydrogen-bond acceptors (Lipinski definition) is 7. The topological polar surface area (TPSA) is 97.5 Å². The van der Waals surface area contributed by atoms with E-state index in [0.717, 1.165) is 4.90 Å². The molecule has 3 rings (SSSR count). The van der Waals surface area contributed by atoms with Crippen LogP contribution in [0.5, 0.6) is 5.75 Å². The number of nitrogens with two attached hydrogens (primary N) is 1.